The lowest BCUT2D eigenvalue weighted by Crippen LogP contribution is -2.18. The van der Waals surface area contributed by atoms with E-state index in [1.807, 2.05) is 0 Å². The summed E-state index contributed by atoms with van der Waals surface area (Å²) in [7, 11) is 0. The molecule has 1 aromatic rings. The molecule has 0 saturated carbocycles. The van der Waals surface area contributed by atoms with Gasteiger partial charge in [0.05, 0.1) is 17.3 Å². The molecule has 0 bridgehead atoms. The standard InChI is InChI=1S/C10H10BrFN2O2/c1-2-16-10(15)14-13-6-7-3-4-9(12)8(11)5-7/h3-6H,2H2,1H3,(H,14,15)/b13-6-. The number of benzene rings is 1. The quantitative estimate of drug-likeness (QED) is 0.687. The van der Waals surface area contributed by atoms with Crippen LogP contribution in [0.15, 0.2) is 27.8 Å². The number of carbonyl (C=O) groups excluding carboxylic acids is 1. The van der Waals surface area contributed by atoms with Crippen molar-refractivity contribution in [2.45, 2.75) is 6.92 Å². The Bertz CT molecular complexity index is 410. The van der Waals surface area contributed by atoms with Crippen LogP contribution in [-0.4, -0.2) is 18.9 Å². The molecule has 0 unspecified atom stereocenters. The smallest absolute Gasteiger partial charge is 0.427 e. The third-order valence-corrected chi connectivity index (χ3v) is 2.20. The number of ether oxygens (including phenoxy) is 1. The molecule has 0 spiro atoms. The lowest BCUT2D eigenvalue weighted by Gasteiger charge is -1.99. The highest BCUT2D eigenvalue weighted by molar-refractivity contribution is 9.10. The van der Waals surface area contributed by atoms with Crippen molar-refractivity contribution in [3.63, 3.8) is 0 Å². The van der Waals surface area contributed by atoms with Crippen LogP contribution in [0.3, 0.4) is 0 Å². The maximum Gasteiger partial charge on any atom is 0.427 e. The number of carbonyl (C=O) groups is 1. The molecule has 0 aliphatic heterocycles. The van der Waals surface area contributed by atoms with Gasteiger partial charge in [-0.15, -0.1) is 0 Å². The minimum Gasteiger partial charge on any atom is -0.449 e. The Morgan fingerprint density at radius 3 is 3.06 bits per heavy atom. The van der Waals surface area contributed by atoms with E-state index in [1.54, 1.807) is 13.0 Å². The zero-order valence-corrected chi connectivity index (χ0v) is 10.1. The monoisotopic (exact) mass is 288 g/mol. The Morgan fingerprint density at radius 2 is 2.44 bits per heavy atom. The first-order chi connectivity index (χ1) is 7.63. The third-order valence-electron chi connectivity index (χ3n) is 1.59. The summed E-state index contributed by atoms with van der Waals surface area (Å²) in [5, 5.41) is 3.64. The highest BCUT2D eigenvalue weighted by atomic mass is 79.9. The van der Waals surface area contributed by atoms with Crippen molar-refractivity contribution in [3.05, 3.63) is 34.1 Å². The fourth-order valence-corrected chi connectivity index (χ4v) is 1.31. The molecule has 1 rings (SSSR count). The van der Waals surface area contributed by atoms with Crippen LogP contribution in [0.5, 0.6) is 0 Å². The summed E-state index contributed by atoms with van der Waals surface area (Å²) in [5.74, 6) is -0.351. The Kier molecular flexibility index (Phi) is 4.91. The zero-order valence-electron chi connectivity index (χ0n) is 8.54. The van der Waals surface area contributed by atoms with Crippen LogP contribution >= 0.6 is 15.9 Å². The summed E-state index contributed by atoms with van der Waals surface area (Å²) in [6.07, 6.45) is 0.765. The first kappa shape index (κ1) is 12.6. The molecular formula is C10H10BrFN2O2. The molecule has 1 N–H and O–H groups in total. The van der Waals surface area contributed by atoms with Crippen LogP contribution in [0, 0.1) is 5.82 Å². The van der Waals surface area contributed by atoms with Crippen LogP contribution in [0.25, 0.3) is 0 Å². The minimum atomic E-state index is -0.625. The lowest BCUT2D eigenvalue weighted by atomic mass is 10.2. The maximum absolute atomic E-state index is 12.9. The van der Waals surface area contributed by atoms with Gasteiger partial charge in [-0.2, -0.15) is 5.10 Å². The van der Waals surface area contributed by atoms with Crippen molar-refractivity contribution in [3.8, 4) is 0 Å². The van der Waals surface area contributed by atoms with Crippen molar-refractivity contribution in [2.24, 2.45) is 5.10 Å². The summed E-state index contributed by atoms with van der Waals surface area (Å²) < 4.78 is 17.8. The van der Waals surface area contributed by atoms with Crippen molar-refractivity contribution < 1.29 is 13.9 Å². The second-order valence-corrected chi connectivity index (χ2v) is 3.62. The molecule has 0 saturated heterocycles. The van der Waals surface area contributed by atoms with Gasteiger partial charge in [-0.05, 0) is 40.5 Å². The molecule has 4 nitrogen and oxygen atoms in total. The Balaban J connectivity index is 2.56. The topological polar surface area (TPSA) is 50.7 Å². The summed E-state index contributed by atoms with van der Waals surface area (Å²) >= 11 is 3.04. The highest BCUT2D eigenvalue weighted by Gasteiger charge is 1.99. The van der Waals surface area contributed by atoms with Gasteiger partial charge in [-0.1, -0.05) is 6.07 Å². The van der Waals surface area contributed by atoms with E-state index in [-0.39, 0.29) is 12.4 Å². The van der Waals surface area contributed by atoms with Gasteiger partial charge in [-0.3, -0.25) is 0 Å². The first-order valence-electron chi connectivity index (χ1n) is 4.54. The molecule has 0 aromatic heterocycles. The number of nitrogens with zero attached hydrogens (tertiary/aromatic N) is 1. The summed E-state index contributed by atoms with van der Waals surface area (Å²) in [6.45, 7) is 1.98. The molecule has 0 heterocycles. The summed E-state index contributed by atoms with van der Waals surface area (Å²) in [5.41, 5.74) is 2.82. The van der Waals surface area contributed by atoms with E-state index in [2.05, 4.69) is 31.2 Å². The summed E-state index contributed by atoms with van der Waals surface area (Å²) in [4.78, 5) is 10.8. The highest BCUT2D eigenvalue weighted by Crippen LogP contribution is 2.15. The van der Waals surface area contributed by atoms with E-state index >= 15 is 0 Å². The Labute approximate surface area is 101 Å². The van der Waals surface area contributed by atoms with Gasteiger partial charge in [-0.25, -0.2) is 14.6 Å². The fraction of sp³-hybridized carbons (Fsp3) is 0.200. The van der Waals surface area contributed by atoms with Gasteiger partial charge >= 0.3 is 6.09 Å². The number of hydrogen-bond donors (Lipinski definition) is 1. The molecular weight excluding hydrogens is 279 g/mol. The molecule has 6 heteroatoms. The largest absolute Gasteiger partial charge is 0.449 e. The van der Waals surface area contributed by atoms with Gasteiger partial charge in [0.1, 0.15) is 5.82 Å². The molecule has 0 radical (unpaired) electrons. The van der Waals surface area contributed by atoms with Crippen molar-refractivity contribution in [1.82, 2.24) is 5.43 Å². The predicted molar refractivity (Wildman–Crippen MR) is 61.9 cm³/mol. The Morgan fingerprint density at radius 1 is 1.69 bits per heavy atom. The first-order valence-corrected chi connectivity index (χ1v) is 5.33. The van der Waals surface area contributed by atoms with Crippen LogP contribution in [0.2, 0.25) is 0 Å². The number of hydrogen-bond acceptors (Lipinski definition) is 3. The van der Waals surface area contributed by atoms with Crippen molar-refractivity contribution >= 4 is 28.2 Å². The SMILES string of the molecule is CCOC(=O)N/N=C\c1ccc(F)c(Br)c1. The normalized spacial score (nSPS) is 10.4. The minimum absolute atomic E-state index is 0.281. The van der Waals surface area contributed by atoms with Gasteiger partial charge < -0.3 is 4.74 Å². The van der Waals surface area contributed by atoms with Gasteiger partial charge in [0, 0.05) is 0 Å². The van der Waals surface area contributed by atoms with E-state index in [1.165, 1.54) is 18.3 Å². The number of hydrazone groups is 1. The Hall–Kier alpha value is -1.43. The average Bonchev–Trinajstić information content (AvgIpc) is 2.24. The van der Waals surface area contributed by atoms with Crippen LogP contribution in [0.4, 0.5) is 9.18 Å². The van der Waals surface area contributed by atoms with E-state index in [0.717, 1.165) is 0 Å². The number of nitrogens with one attached hydrogen (secondary N) is 1. The molecule has 0 aliphatic rings. The second-order valence-electron chi connectivity index (χ2n) is 2.76. The van der Waals surface area contributed by atoms with Crippen LogP contribution in [-0.2, 0) is 4.74 Å². The van der Waals surface area contributed by atoms with E-state index < -0.39 is 6.09 Å². The molecule has 86 valence electrons. The van der Waals surface area contributed by atoms with E-state index in [0.29, 0.717) is 10.0 Å². The molecule has 0 atom stereocenters. The van der Waals surface area contributed by atoms with Gasteiger partial charge in [0.15, 0.2) is 0 Å². The zero-order chi connectivity index (χ0) is 12.0. The molecule has 0 fully saturated rings. The molecule has 0 aliphatic carbocycles. The maximum atomic E-state index is 12.9. The predicted octanol–water partition coefficient (Wildman–Crippen LogP) is 2.67. The molecule has 16 heavy (non-hydrogen) atoms. The van der Waals surface area contributed by atoms with Gasteiger partial charge in [0.25, 0.3) is 0 Å². The third kappa shape index (κ3) is 3.98. The molecule has 1 amide bonds. The summed E-state index contributed by atoms with van der Waals surface area (Å²) in [6, 6.07) is 4.39. The molecule has 1 aromatic carbocycles. The number of halogens is 2. The van der Waals surface area contributed by atoms with E-state index in [4.69, 9.17) is 0 Å². The average molecular weight is 289 g/mol. The van der Waals surface area contributed by atoms with Crippen LogP contribution in [0.1, 0.15) is 12.5 Å². The van der Waals surface area contributed by atoms with Crippen molar-refractivity contribution in [2.75, 3.05) is 6.61 Å². The second kappa shape index (κ2) is 6.22. The van der Waals surface area contributed by atoms with E-state index in [9.17, 15) is 9.18 Å². The number of rotatable bonds is 3. The van der Waals surface area contributed by atoms with Crippen molar-refractivity contribution in [1.29, 1.82) is 0 Å². The fourth-order valence-electron chi connectivity index (χ4n) is 0.916. The van der Waals surface area contributed by atoms with Gasteiger partial charge in [0.2, 0.25) is 0 Å². The number of amides is 1. The van der Waals surface area contributed by atoms with Crippen LogP contribution < -0.4 is 5.43 Å². The lowest BCUT2D eigenvalue weighted by molar-refractivity contribution is 0.152.